The summed E-state index contributed by atoms with van der Waals surface area (Å²) < 4.78 is 4.78. The van der Waals surface area contributed by atoms with Gasteiger partial charge in [-0.15, -0.1) is 0 Å². The van der Waals surface area contributed by atoms with Crippen LogP contribution in [0.5, 0.6) is 0 Å². The third-order valence-electron chi connectivity index (χ3n) is 6.49. The van der Waals surface area contributed by atoms with Crippen LogP contribution >= 0.6 is 0 Å². The van der Waals surface area contributed by atoms with E-state index in [9.17, 15) is 0 Å². The predicted octanol–water partition coefficient (Wildman–Crippen LogP) is 8.91. The fraction of sp³-hybridized carbons (Fsp3) is 0.0625. The molecule has 0 saturated carbocycles. The van der Waals surface area contributed by atoms with Crippen molar-refractivity contribution in [2.24, 2.45) is 0 Å². The van der Waals surface area contributed by atoms with Crippen molar-refractivity contribution in [2.45, 2.75) is 13.8 Å². The first kappa shape index (κ1) is 20.3. The highest BCUT2D eigenvalue weighted by atomic mass is 15.0. The van der Waals surface area contributed by atoms with E-state index in [-0.39, 0.29) is 0 Å². The van der Waals surface area contributed by atoms with Gasteiger partial charge in [0.1, 0.15) is 0 Å². The summed E-state index contributed by atoms with van der Waals surface area (Å²) in [5.74, 6) is 0. The van der Waals surface area contributed by atoms with Crippen molar-refractivity contribution >= 4 is 43.6 Å². The fourth-order valence-electron chi connectivity index (χ4n) is 5.14. The summed E-state index contributed by atoms with van der Waals surface area (Å²) >= 11 is 0. The van der Waals surface area contributed by atoms with Gasteiger partial charge in [0.05, 0.1) is 22.1 Å². The molecule has 34 heavy (non-hydrogen) atoms. The van der Waals surface area contributed by atoms with E-state index in [1.165, 1.54) is 55.0 Å². The Kier molecular flexibility index (Phi) is 4.92. The van der Waals surface area contributed by atoms with E-state index in [2.05, 4.69) is 130 Å². The van der Waals surface area contributed by atoms with Crippen LogP contribution in [0.1, 0.15) is 13.8 Å². The van der Waals surface area contributed by atoms with E-state index in [4.69, 9.17) is 0 Å². The molecule has 5 aromatic carbocycles. The Balaban J connectivity index is 0.00000106. The molecule has 0 aliphatic carbocycles. The molecule has 0 amide bonds. The lowest BCUT2D eigenvalue weighted by Crippen LogP contribution is -1.94. The number of benzene rings is 5. The van der Waals surface area contributed by atoms with Crippen LogP contribution in [-0.2, 0) is 0 Å². The molecule has 0 bridgehead atoms. The van der Waals surface area contributed by atoms with Gasteiger partial charge >= 0.3 is 0 Å². The van der Waals surface area contributed by atoms with Crippen molar-refractivity contribution < 1.29 is 0 Å². The molecule has 0 atom stereocenters. The van der Waals surface area contributed by atoms with Gasteiger partial charge in [0.25, 0.3) is 0 Å². The lowest BCUT2D eigenvalue weighted by atomic mass is 10.1. The second-order valence-electron chi connectivity index (χ2n) is 8.26. The maximum Gasteiger partial charge on any atom is 0.0548 e. The average molecular weight is 439 g/mol. The summed E-state index contributed by atoms with van der Waals surface area (Å²) in [5.41, 5.74) is 7.31. The molecule has 0 aliphatic heterocycles. The quantitative estimate of drug-likeness (QED) is 0.255. The molecule has 2 aromatic heterocycles. The maximum atomic E-state index is 2.39. The van der Waals surface area contributed by atoms with Gasteiger partial charge in [0.15, 0.2) is 0 Å². The second kappa shape index (κ2) is 8.24. The Bertz CT molecular complexity index is 1620. The highest BCUT2D eigenvalue weighted by Crippen LogP contribution is 2.39. The molecular formula is C32H26N2. The number of hydrogen-bond acceptors (Lipinski definition) is 0. The van der Waals surface area contributed by atoms with Gasteiger partial charge in [-0.2, -0.15) is 0 Å². The Labute approximate surface area is 199 Å². The number of hydrogen-bond donors (Lipinski definition) is 0. The largest absolute Gasteiger partial charge is 0.309 e. The maximum absolute atomic E-state index is 2.39. The highest BCUT2D eigenvalue weighted by Gasteiger charge is 2.17. The van der Waals surface area contributed by atoms with Gasteiger partial charge in [-0.3, -0.25) is 0 Å². The minimum Gasteiger partial charge on any atom is -0.309 e. The number of aromatic nitrogens is 2. The lowest BCUT2D eigenvalue weighted by molar-refractivity contribution is 1.17. The number of rotatable bonds is 2. The minimum absolute atomic E-state index is 1.19. The molecule has 0 spiro atoms. The molecule has 7 rings (SSSR count). The monoisotopic (exact) mass is 438 g/mol. The third kappa shape index (κ3) is 2.96. The van der Waals surface area contributed by atoms with Crippen molar-refractivity contribution in [1.29, 1.82) is 0 Å². The topological polar surface area (TPSA) is 9.86 Å². The van der Waals surface area contributed by atoms with Crippen LogP contribution in [-0.4, -0.2) is 9.13 Å². The van der Waals surface area contributed by atoms with E-state index in [1.54, 1.807) is 0 Å². The minimum atomic E-state index is 1.19. The van der Waals surface area contributed by atoms with E-state index in [1.807, 2.05) is 13.8 Å². The molecule has 0 aliphatic rings. The molecule has 0 fully saturated rings. The van der Waals surface area contributed by atoms with Gasteiger partial charge in [0.2, 0.25) is 0 Å². The summed E-state index contributed by atoms with van der Waals surface area (Å²) in [6, 6.07) is 43.5. The summed E-state index contributed by atoms with van der Waals surface area (Å²) in [5, 5.41) is 5.10. The summed E-state index contributed by atoms with van der Waals surface area (Å²) in [4.78, 5) is 0. The highest BCUT2D eigenvalue weighted by molar-refractivity contribution is 6.18. The van der Waals surface area contributed by atoms with Gasteiger partial charge in [-0.25, -0.2) is 0 Å². The first-order valence-electron chi connectivity index (χ1n) is 12.0. The van der Waals surface area contributed by atoms with Gasteiger partial charge in [-0.1, -0.05) is 86.6 Å². The molecular weight excluding hydrogens is 412 g/mol. The summed E-state index contributed by atoms with van der Waals surface area (Å²) in [6.45, 7) is 4.00. The van der Waals surface area contributed by atoms with Crippen LogP contribution in [0.3, 0.4) is 0 Å². The molecule has 0 saturated heterocycles. The Morgan fingerprint density at radius 1 is 0.353 bits per heavy atom. The predicted molar refractivity (Wildman–Crippen MR) is 146 cm³/mol. The van der Waals surface area contributed by atoms with Crippen molar-refractivity contribution in [2.75, 3.05) is 0 Å². The smallest absolute Gasteiger partial charge is 0.0548 e. The Morgan fingerprint density at radius 3 is 1.12 bits per heavy atom. The van der Waals surface area contributed by atoms with E-state index in [0.717, 1.165) is 0 Å². The molecule has 0 radical (unpaired) electrons. The van der Waals surface area contributed by atoms with Crippen molar-refractivity contribution in [1.82, 2.24) is 9.13 Å². The third-order valence-corrected chi connectivity index (χ3v) is 6.49. The molecule has 2 nitrogen and oxygen atoms in total. The first-order chi connectivity index (χ1) is 16.9. The zero-order chi connectivity index (χ0) is 23.1. The lowest BCUT2D eigenvalue weighted by Gasteiger charge is -2.09. The average Bonchev–Trinajstić information content (AvgIpc) is 3.42. The number of fused-ring (bicyclic) bond motifs is 6. The fourth-order valence-corrected chi connectivity index (χ4v) is 5.14. The van der Waals surface area contributed by atoms with Crippen LogP contribution in [0.15, 0.2) is 121 Å². The van der Waals surface area contributed by atoms with Gasteiger partial charge < -0.3 is 9.13 Å². The standard InChI is InChI=1S/C30H20N2.C2H6/c1-3-11-21(12-4-1)31-27-17-9-7-15-23(27)25-20-30-26(19-29(25)31)24-16-8-10-18-28(24)32(30)22-13-5-2-6-14-22;1-2/h1-20H;1-2H3. The molecule has 0 N–H and O–H groups in total. The molecule has 164 valence electrons. The zero-order valence-electron chi connectivity index (χ0n) is 19.4. The molecule has 2 heteroatoms. The summed E-state index contributed by atoms with van der Waals surface area (Å²) in [6.07, 6.45) is 0. The normalized spacial score (nSPS) is 11.2. The van der Waals surface area contributed by atoms with E-state index < -0.39 is 0 Å². The molecule has 0 unspecified atom stereocenters. The second-order valence-corrected chi connectivity index (χ2v) is 8.26. The van der Waals surface area contributed by atoms with Crippen LogP contribution in [0, 0.1) is 0 Å². The number of para-hydroxylation sites is 4. The Hall–Kier alpha value is -4.30. The van der Waals surface area contributed by atoms with Crippen LogP contribution in [0.4, 0.5) is 0 Å². The van der Waals surface area contributed by atoms with E-state index >= 15 is 0 Å². The van der Waals surface area contributed by atoms with Gasteiger partial charge in [0, 0.05) is 32.9 Å². The van der Waals surface area contributed by atoms with Crippen molar-refractivity contribution in [3.63, 3.8) is 0 Å². The van der Waals surface area contributed by atoms with Crippen LogP contribution < -0.4 is 0 Å². The number of nitrogens with zero attached hydrogens (tertiary/aromatic N) is 2. The van der Waals surface area contributed by atoms with Crippen molar-refractivity contribution in [3.8, 4) is 11.4 Å². The zero-order valence-corrected chi connectivity index (χ0v) is 19.4. The Morgan fingerprint density at radius 2 is 0.706 bits per heavy atom. The SMILES string of the molecule is CC.c1ccc(-n2c3ccccc3c3cc4c(cc32)c2ccccc2n4-c2ccccc2)cc1. The van der Waals surface area contributed by atoms with E-state index in [0.29, 0.717) is 0 Å². The molecule has 7 aromatic rings. The first-order valence-corrected chi connectivity index (χ1v) is 12.0. The van der Waals surface area contributed by atoms with Gasteiger partial charge in [-0.05, 0) is 48.5 Å². The van der Waals surface area contributed by atoms with Crippen LogP contribution in [0.2, 0.25) is 0 Å². The van der Waals surface area contributed by atoms with Crippen LogP contribution in [0.25, 0.3) is 55.0 Å². The van der Waals surface area contributed by atoms with Crippen molar-refractivity contribution in [3.05, 3.63) is 121 Å². The summed E-state index contributed by atoms with van der Waals surface area (Å²) in [7, 11) is 0. The molecule has 2 heterocycles.